The van der Waals surface area contributed by atoms with Gasteiger partial charge in [-0.2, -0.15) is 0 Å². The van der Waals surface area contributed by atoms with Crippen molar-refractivity contribution < 1.29 is 18.4 Å². The fourth-order valence-corrected chi connectivity index (χ4v) is 1.93. The molecule has 0 aliphatic rings. The Hall–Kier alpha value is -2.56. The Labute approximate surface area is 120 Å². The highest BCUT2D eigenvalue weighted by molar-refractivity contribution is 6.04. The summed E-state index contributed by atoms with van der Waals surface area (Å²) in [4.78, 5) is 23.4. The van der Waals surface area contributed by atoms with Gasteiger partial charge in [-0.25, -0.2) is 8.78 Å². The summed E-state index contributed by atoms with van der Waals surface area (Å²) in [6.07, 6.45) is -0.238. The molecule has 0 atom stereocenters. The average molecular weight is 289 g/mol. The van der Waals surface area contributed by atoms with Crippen molar-refractivity contribution >= 4 is 17.4 Å². The van der Waals surface area contributed by atoms with Crippen LogP contribution in [0.5, 0.6) is 0 Å². The van der Waals surface area contributed by atoms with E-state index in [2.05, 4.69) is 5.32 Å². The van der Waals surface area contributed by atoms with Crippen molar-refractivity contribution in [1.29, 1.82) is 0 Å². The molecular formula is C16H13F2NO2. The summed E-state index contributed by atoms with van der Waals surface area (Å²) >= 11 is 0. The Morgan fingerprint density at radius 3 is 2.48 bits per heavy atom. The lowest BCUT2D eigenvalue weighted by Crippen LogP contribution is -2.17. The number of anilines is 1. The maximum absolute atomic E-state index is 13.5. The molecule has 3 nitrogen and oxygen atoms in total. The van der Waals surface area contributed by atoms with Gasteiger partial charge in [0, 0.05) is 11.6 Å². The number of hydrogen-bond donors (Lipinski definition) is 1. The predicted molar refractivity (Wildman–Crippen MR) is 75.1 cm³/mol. The van der Waals surface area contributed by atoms with Crippen LogP contribution in [0.2, 0.25) is 0 Å². The van der Waals surface area contributed by atoms with E-state index in [4.69, 9.17) is 0 Å². The summed E-state index contributed by atoms with van der Waals surface area (Å²) < 4.78 is 26.3. The maximum Gasteiger partial charge on any atom is 0.228 e. The molecule has 0 saturated carbocycles. The zero-order valence-electron chi connectivity index (χ0n) is 11.3. The molecule has 0 aliphatic carbocycles. The van der Waals surface area contributed by atoms with Crippen LogP contribution in [0.1, 0.15) is 22.8 Å². The standard InChI is InChI=1S/C16H13F2NO2/c1-10(20)13-4-2-3-5-15(13)19-16(21)8-11-6-7-12(17)9-14(11)18/h2-7,9H,8H2,1H3,(H,19,21). The first-order valence-corrected chi connectivity index (χ1v) is 6.31. The Balaban J connectivity index is 2.14. The van der Waals surface area contributed by atoms with Gasteiger partial charge in [0.1, 0.15) is 11.6 Å². The molecule has 0 saturated heterocycles. The minimum Gasteiger partial charge on any atom is -0.325 e. The van der Waals surface area contributed by atoms with Crippen LogP contribution in [0, 0.1) is 11.6 Å². The van der Waals surface area contributed by atoms with E-state index in [9.17, 15) is 18.4 Å². The summed E-state index contributed by atoms with van der Waals surface area (Å²) in [5.41, 5.74) is 0.845. The van der Waals surface area contributed by atoms with E-state index in [1.807, 2.05) is 0 Å². The van der Waals surface area contributed by atoms with Gasteiger partial charge < -0.3 is 5.32 Å². The van der Waals surface area contributed by atoms with E-state index in [1.54, 1.807) is 24.3 Å². The van der Waals surface area contributed by atoms with Crippen LogP contribution >= 0.6 is 0 Å². The van der Waals surface area contributed by atoms with Gasteiger partial charge in [0.15, 0.2) is 5.78 Å². The first kappa shape index (κ1) is 14.8. The number of hydrogen-bond acceptors (Lipinski definition) is 2. The van der Waals surface area contributed by atoms with Crippen LogP contribution in [-0.4, -0.2) is 11.7 Å². The fraction of sp³-hybridized carbons (Fsp3) is 0.125. The smallest absolute Gasteiger partial charge is 0.228 e. The van der Waals surface area contributed by atoms with Crippen molar-refractivity contribution in [2.75, 3.05) is 5.32 Å². The maximum atomic E-state index is 13.5. The van der Waals surface area contributed by atoms with E-state index in [1.165, 1.54) is 13.0 Å². The number of nitrogens with one attached hydrogen (secondary N) is 1. The van der Waals surface area contributed by atoms with E-state index >= 15 is 0 Å². The zero-order valence-corrected chi connectivity index (χ0v) is 11.3. The van der Waals surface area contributed by atoms with Crippen molar-refractivity contribution in [3.63, 3.8) is 0 Å². The van der Waals surface area contributed by atoms with Gasteiger partial charge in [-0.15, -0.1) is 0 Å². The number of ketones is 1. The molecule has 0 heterocycles. The summed E-state index contributed by atoms with van der Waals surface area (Å²) in [5.74, 6) is -2.13. The Kier molecular flexibility index (Phi) is 4.42. The summed E-state index contributed by atoms with van der Waals surface area (Å²) in [7, 11) is 0. The lowest BCUT2D eigenvalue weighted by atomic mass is 10.1. The molecule has 1 N–H and O–H groups in total. The predicted octanol–water partition coefficient (Wildman–Crippen LogP) is 3.35. The van der Waals surface area contributed by atoms with Crippen LogP contribution in [0.25, 0.3) is 0 Å². The van der Waals surface area contributed by atoms with E-state index in [0.717, 1.165) is 12.1 Å². The molecule has 2 aromatic carbocycles. The lowest BCUT2D eigenvalue weighted by molar-refractivity contribution is -0.115. The molecule has 0 fully saturated rings. The van der Waals surface area contributed by atoms with Crippen LogP contribution in [-0.2, 0) is 11.2 Å². The molecule has 2 rings (SSSR count). The first-order chi connectivity index (χ1) is 9.97. The number of para-hydroxylation sites is 1. The molecular weight excluding hydrogens is 276 g/mol. The monoisotopic (exact) mass is 289 g/mol. The average Bonchev–Trinajstić information content (AvgIpc) is 2.42. The Bertz CT molecular complexity index is 698. The second-order valence-electron chi connectivity index (χ2n) is 4.56. The third-order valence-electron chi connectivity index (χ3n) is 2.95. The van der Waals surface area contributed by atoms with Crippen LogP contribution < -0.4 is 5.32 Å². The molecule has 0 aromatic heterocycles. The number of Topliss-reactive ketones (excluding diaryl/α,β-unsaturated/α-hetero) is 1. The van der Waals surface area contributed by atoms with Crippen molar-refractivity contribution in [1.82, 2.24) is 0 Å². The largest absolute Gasteiger partial charge is 0.325 e. The second-order valence-corrected chi connectivity index (χ2v) is 4.56. The van der Waals surface area contributed by atoms with Gasteiger partial charge >= 0.3 is 0 Å². The van der Waals surface area contributed by atoms with Crippen LogP contribution in [0.3, 0.4) is 0 Å². The summed E-state index contributed by atoms with van der Waals surface area (Å²) in [5, 5.41) is 2.56. The molecule has 0 unspecified atom stereocenters. The SMILES string of the molecule is CC(=O)c1ccccc1NC(=O)Cc1ccc(F)cc1F. The molecule has 0 radical (unpaired) electrons. The third-order valence-corrected chi connectivity index (χ3v) is 2.95. The van der Waals surface area contributed by atoms with Gasteiger partial charge in [0.05, 0.1) is 12.1 Å². The van der Waals surface area contributed by atoms with Crippen LogP contribution in [0.4, 0.5) is 14.5 Å². The number of amides is 1. The van der Waals surface area contributed by atoms with Gasteiger partial charge in [0.2, 0.25) is 5.91 Å². The summed E-state index contributed by atoms with van der Waals surface area (Å²) in [6.45, 7) is 1.39. The number of carbonyl (C=O) groups excluding carboxylic acids is 2. The molecule has 0 spiro atoms. The quantitative estimate of drug-likeness (QED) is 0.877. The fourth-order valence-electron chi connectivity index (χ4n) is 1.93. The van der Waals surface area contributed by atoms with E-state index in [0.29, 0.717) is 11.3 Å². The highest BCUT2D eigenvalue weighted by atomic mass is 19.1. The van der Waals surface area contributed by atoms with Crippen molar-refractivity contribution in [3.8, 4) is 0 Å². The third kappa shape index (κ3) is 3.72. The zero-order chi connectivity index (χ0) is 15.4. The minimum absolute atomic E-state index is 0.0919. The van der Waals surface area contributed by atoms with Crippen molar-refractivity contribution in [3.05, 3.63) is 65.2 Å². The lowest BCUT2D eigenvalue weighted by Gasteiger charge is -2.09. The van der Waals surface area contributed by atoms with Gasteiger partial charge in [0.25, 0.3) is 0 Å². The summed E-state index contributed by atoms with van der Waals surface area (Å²) in [6, 6.07) is 9.60. The Morgan fingerprint density at radius 1 is 1.10 bits per heavy atom. The molecule has 5 heteroatoms. The Morgan fingerprint density at radius 2 is 1.81 bits per heavy atom. The van der Waals surface area contributed by atoms with Crippen molar-refractivity contribution in [2.45, 2.75) is 13.3 Å². The highest BCUT2D eigenvalue weighted by Crippen LogP contribution is 2.17. The number of rotatable bonds is 4. The van der Waals surface area contributed by atoms with E-state index < -0.39 is 17.5 Å². The molecule has 2 aromatic rings. The topological polar surface area (TPSA) is 46.2 Å². The van der Waals surface area contributed by atoms with E-state index in [-0.39, 0.29) is 17.8 Å². The normalized spacial score (nSPS) is 10.2. The number of carbonyl (C=O) groups is 2. The molecule has 0 bridgehead atoms. The number of halogens is 2. The van der Waals surface area contributed by atoms with Gasteiger partial charge in [-0.1, -0.05) is 18.2 Å². The first-order valence-electron chi connectivity index (χ1n) is 6.31. The van der Waals surface area contributed by atoms with Crippen LogP contribution in [0.15, 0.2) is 42.5 Å². The van der Waals surface area contributed by atoms with Gasteiger partial charge in [-0.05, 0) is 30.7 Å². The van der Waals surface area contributed by atoms with Crippen molar-refractivity contribution in [2.24, 2.45) is 0 Å². The number of benzene rings is 2. The highest BCUT2D eigenvalue weighted by Gasteiger charge is 2.12. The molecule has 1 amide bonds. The molecule has 21 heavy (non-hydrogen) atoms. The molecule has 108 valence electrons. The molecule has 0 aliphatic heterocycles. The second kappa shape index (κ2) is 6.26. The minimum atomic E-state index is -0.773. The van der Waals surface area contributed by atoms with Gasteiger partial charge in [-0.3, -0.25) is 9.59 Å².